The smallest absolute Gasteiger partial charge is 0.378 e. The van der Waals surface area contributed by atoms with Crippen LogP contribution < -0.4 is 0 Å². The first-order valence-corrected chi connectivity index (χ1v) is 6.30. The van der Waals surface area contributed by atoms with Crippen molar-refractivity contribution in [3.8, 4) is 10.7 Å². The van der Waals surface area contributed by atoms with E-state index in [0.29, 0.717) is 12.4 Å². The quantitative estimate of drug-likeness (QED) is 0.846. The summed E-state index contributed by atoms with van der Waals surface area (Å²) in [5, 5.41) is 8.63. The van der Waals surface area contributed by atoms with Crippen molar-refractivity contribution in [3.05, 3.63) is 22.8 Å². The summed E-state index contributed by atoms with van der Waals surface area (Å²) in [6, 6.07) is 2.05. The maximum absolute atomic E-state index is 11.4. The molecule has 90 valence electrons. The average molecular weight is 251 g/mol. The zero-order chi connectivity index (χ0) is 12.3. The van der Waals surface area contributed by atoms with E-state index >= 15 is 0 Å². The number of nitrogens with one attached hydrogen (secondary N) is 1. The highest BCUT2D eigenvalue weighted by Crippen LogP contribution is 2.26. The maximum Gasteiger partial charge on any atom is 0.378 e. The topological polar surface area (TPSA) is 67.9 Å². The lowest BCUT2D eigenvalue weighted by Crippen LogP contribution is -2.06. The SMILES string of the molecule is CCOC(=O)c1n[nH]c(-c2sccc2CC)n1. The molecule has 0 amide bonds. The fourth-order valence-electron chi connectivity index (χ4n) is 1.47. The molecule has 0 aromatic carbocycles. The van der Waals surface area contributed by atoms with Crippen LogP contribution in [0.15, 0.2) is 11.4 Å². The highest BCUT2D eigenvalue weighted by atomic mass is 32.1. The molecule has 0 saturated heterocycles. The predicted octanol–water partition coefficient (Wildman–Crippen LogP) is 2.27. The molecule has 0 radical (unpaired) electrons. The van der Waals surface area contributed by atoms with Gasteiger partial charge in [-0.15, -0.1) is 16.4 Å². The lowest BCUT2D eigenvalue weighted by Gasteiger charge is -1.96. The number of aromatic nitrogens is 3. The minimum atomic E-state index is -0.496. The Hall–Kier alpha value is -1.69. The lowest BCUT2D eigenvalue weighted by atomic mass is 10.2. The molecular formula is C11H13N3O2S. The monoisotopic (exact) mass is 251 g/mol. The summed E-state index contributed by atoms with van der Waals surface area (Å²) in [6.07, 6.45) is 0.925. The second-order valence-electron chi connectivity index (χ2n) is 3.36. The van der Waals surface area contributed by atoms with Crippen molar-refractivity contribution in [2.24, 2.45) is 0 Å². The van der Waals surface area contributed by atoms with Crippen molar-refractivity contribution >= 4 is 17.3 Å². The third kappa shape index (κ3) is 2.36. The summed E-state index contributed by atoms with van der Waals surface area (Å²) in [5.74, 6) is 0.210. The van der Waals surface area contributed by atoms with Gasteiger partial charge in [0.2, 0.25) is 0 Å². The number of hydrogen-bond donors (Lipinski definition) is 1. The highest BCUT2D eigenvalue weighted by Gasteiger charge is 2.16. The fraction of sp³-hybridized carbons (Fsp3) is 0.364. The summed E-state index contributed by atoms with van der Waals surface area (Å²) in [4.78, 5) is 16.6. The fourth-order valence-corrected chi connectivity index (χ4v) is 2.41. The molecule has 0 bridgehead atoms. The van der Waals surface area contributed by atoms with E-state index in [-0.39, 0.29) is 5.82 Å². The summed E-state index contributed by atoms with van der Waals surface area (Å²) < 4.78 is 4.83. The van der Waals surface area contributed by atoms with Crippen LogP contribution in [0.25, 0.3) is 10.7 Å². The number of hydrogen-bond acceptors (Lipinski definition) is 5. The molecule has 17 heavy (non-hydrogen) atoms. The van der Waals surface area contributed by atoms with Gasteiger partial charge in [0, 0.05) is 0 Å². The molecule has 2 aromatic heterocycles. The maximum atomic E-state index is 11.4. The van der Waals surface area contributed by atoms with Gasteiger partial charge in [0.1, 0.15) is 0 Å². The first kappa shape index (κ1) is 11.8. The van der Waals surface area contributed by atoms with Gasteiger partial charge in [0.25, 0.3) is 5.82 Å². The van der Waals surface area contributed by atoms with Gasteiger partial charge >= 0.3 is 5.97 Å². The van der Waals surface area contributed by atoms with Crippen LogP contribution in [-0.2, 0) is 11.2 Å². The molecule has 0 atom stereocenters. The number of carbonyl (C=O) groups is 1. The lowest BCUT2D eigenvalue weighted by molar-refractivity contribution is 0.0512. The standard InChI is InChI=1S/C11H13N3O2S/c1-3-7-5-6-17-8(7)9-12-10(14-13-9)11(15)16-4-2/h5-6H,3-4H2,1-2H3,(H,12,13,14). The van der Waals surface area contributed by atoms with Crippen molar-refractivity contribution in [1.29, 1.82) is 0 Å². The molecule has 5 nitrogen and oxygen atoms in total. The third-order valence-electron chi connectivity index (χ3n) is 2.29. The van der Waals surface area contributed by atoms with Crippen LogP contribution in [0.3, 0.4) is 0 Å². The number of thiophene rings is 1. The summed E-state index contributed by atoms with van der Waals surface area (Å²) in [5.41, 5.74) is 1.20. The van der Waals surface area contributed by atoms with E-state index in [9.17, 15) is 4.79 Å². The molecule has 0 aliphatic carbocycles. The van der Waals surface area contributed by atoms with Gasteiger partial charge in [-0.25, -0.2) is 9.78 Å². The Bertz CT molecular complexity index is 518. The molecule has 2 heterocycles. The molecule has 6 heteroatoms. The number of nitrogens with zero attached hydrogens (tertiary/aromatic N) is 2. The van der Waals surface area contributed by atoms with Crippen molar-refractivity contribution in [2.75, 3.05) is 6.61 Å². The first-order valence-electron chi connectivity index (χ1n) is 5.42. The number of aryl methyl sites for hydroxylation is 1. The zero-order valence-corrected chi connectivity index (χ0v) is 10.5. The molecular weight excluding hydrogens is 238 g/mol. The minimum Gasteiger partial charge on any atom is -0.460 e. The van der Waals surface area contributed by atoms with Crippen LogP contribution in [0.1, 0.15) is 30.0 Å². The summed E-state index contributed by atoms with van der Waals surface area (Å²) in [6.45, 7) is 4.15. The van der Waals surface area contributed by atoms with Crippen LogP contribution in [0.4, 0.5) is 0 Å². The van der Waals surface area contributed by atoms with E-state index in [0.717, 1.165) is 11.3 Å². The number of ether oxygens (including phenoxy) is 1. The van der Waals surface area contributed by atoms with Gasteiger partial charge in [0.05, 0.1) is 11.5 Å². The first-order chi connectivity index (χ1) is 8.26. The van der Waals surface area contributed by atoms with Gasteiger partial charge in [-0.1, -0.05) is 6.92 Å². The molecule has 0 spiro atoms. The van der Waals surface area contributed by atoms with E-state index in [2.05, 4.69) is 22.1 Å². The normalized spacial score (nSPS) is 10.5. The summed E-state index contributed by atoms with van der Waals surface area (Å²) >= 11 is 1.58. The van der Waals surface area contributed by atoms with E-state index in [1.54, 1.807) is 18.3 Å². The number of carbonyl (C=O) groups excluding carboxylic acids is 1. The minimum absolute atomic E-state index is 0.0808. The summed E-state index contributed by atoms with van der Waals surface area (Å²) in [7, 11) is 0. The third-order valence-corrected chi connectivity index (χ3v) is 3.25. The van der Waals surface area contributed by atoms with Gasteiger partial charge < -0.3 is 4.74 Å². The van der Waals surface area contributed by atoms with E-state index in [4.69, 9.17) is 4.74 Å². The van der Waals surface area contributed by atoms with Crippen LogP contribution in [-0.4, -0.2) is 27.8 Å². The van der Waals surface area contributed by atoms with E-state index in [1.807, 2.05) is 11.4 Å². The highest BCUT2D eigenvalue weighted by molar-refractivity contribution is 7.13. The van der Waals surface area contributed by atoms with Crippen LogP contribution in [0.5, 0.6) is 0 Å². The van der Waals surface area contributed by atoms with E-state index in [1.165, 1.54) is 5.56 Å². The number of rotatable bonds is 4. The molecule has 0 aliphatic heterocycles. The van der Waals surface area contributed by atoms with Crippen LogP contribution in [0.2, 0.25) is 0 Å². The Morgan fingerprint density at radius 3 is 3.06 bits per heavy atom. The van der Waals surface area contributed by atoms with Gasteiger partial charge in [-0.2, -0.15) is 0 Å². The van der Waals surface area contributed by atoms with Gasteiger partial charge in [-0.3, -0.25) is 5.10 Å². The Morgan fingerprint density at radius 2 is 2.35 bits per heavy atom. The molecule has 0 fully saturated rings. The Morgan fingerprint density at radius 1 is 1.53 bits per heavy atom. The Balaban J connectivity index is 2.27. The van der Waals surface area contributed by atoms with Crippen molar-refractivity contribution in [2.45, 2.75) is 20.3 Å². The number of esters is 1. The van der Waals surface area contributed by atoms with E-state index < -0.39 is 5.97 Å². The average Bonchev–Trinajstić information content (AvgIpc) is 2.97. The molecule has 0 aliphatic rings. The predicted molar refractivity (Wildman–Crippen MR) is 65.0 cm³/mol. The number of aromatic amines is 1. The van der Waals surface area contributed by atoms with Crippen LogP contribution >= 0.6 is 11.3 Å². The van der Waals surface area contributed by atoms with Crippen molar-refractivity contribution in [3.63, 3.8) is 0 Å². The molecule has 2 aromatic rings. The van der Waals surface area contributed by atoms with Crippen molar-refractivity contribution in [1.82, 2.24) is 15.2 Å². The second kappa shape index (κ2) is 5.09. The molecule has 0 saturated carbocycles. The van der Waals surface area contributed by atoms with Gasteiger partial charge in [0.15, 0.2) is 5.82 Å². The van der Waals surface area contributed by atoms with Crippen molar-refractivity contribution < 1.29 is 9.53 Å². The molecule has 2 rings (SSSR count). The Labute approximate surface area is 103 Å². The molecule has 0 unspecified atom stereocenters. The number of H-pyrrole nitrogens is 1. The zero-order valence-electron chi connectivity index (χ0n) is 9.69. The second-order valence-corrected chi connectivity index (χ2v) is 4.27. The van der Waals surface area contributed by atoms with Gasteiger partial charge in [-0.05, 0) is 30.4 Å². The largest absolute Gasteiger partial charge is 0.460 e. The van der Waals surface area contributed by atoms with Crippen LogP contribution in [0, 0.1) is 0 Å². The Kier molecular flexibility index (Phi) is 3.53. The molecule has 1 N–H and O–H groups in total.